The number of piperidine rings is 2. The van der Waals surface area contributed by atoms with E-state index in [4.69, 9.17) is 4.74 Å². The second-order valence-electron chi connectivity index (χ2n) is 11.7. The number of ether oxygens (including phenoxy) is 1. The number of aromatic nitrogens is 4. The first-order valence-electron chi connectivity index (χ1n) is 13.5. The van der Waals surface area contributed by atoms with Crippen LogP contribution in [0.1, 0.15) is 51.3 Å². The molecule has 0 amide bonds. The summed E-state index contributed by atoms with van der Waals surface area (Å²) in [6.07, 6.45) is 13.2. The van der Waals surface area contributed by atoms with E-state index in [1.807, 2.05) is 18.6 Å². The number of piperazine rings is 2. The predicted octanol–water partition coefficient (Wildman–Crippen LogP) is 2.05. The summed E-state index contributed by atoms with van der Waals surface area (Å²) in [4.78, 5) is 28.3. The van der Waals surface area contributed by atoms with E-state index in [2.05, 4.69) is 60.3 Å². The number of rotatable bonds is 9. The number of nitrogens with zero attached hydrogens (tertiary/aromatic N) is 8. The van der Waals surface area contributed by atoms with Gasteiger partial charge in [0, 0.05) is 112 Å². The van der Waals surface area contributed by atoms with E-state index in [0.29, 0.717) is 36.2 Å². The van der Waals surface area contributed by atoms with Gasteiger partial charge in [0.2, 0.25) is 0 Å². The molecule has 5 aliphatic heterocycles. The normalized spacial score (nSPS) is 31.6. The first-order chi connectivity index (χ1) is 17.4. The van der Waals surface area contributed by atoms with Gasteiger partial charge in [0.1, 0.15) is 0 Å². The van der Waals surface area contributed by atoms with Gasteiger partial charge in [-0.15, -0.1) is 0 Å². The zero-order valence-corrected chi connectivity index (χ0v) is 22.1. The Bertz CT molecular complexity index is 1020. The summed E-state index contributed by atoms with van der Waals surface area (Å²) in [5.74, 6) is 0. The van der Waals surface area contributed by atoms with E-state index >= 15 is 0 Å². The summed E-state index contributed by atoms with van der Waals surface area (Å²) in [6, 6.07) is 3.50. The first-order valence-corrected chi connectivity index (χ1v) is 13.5. The highest BCUT2D eigenvalue weighted by atomic mass is 16.5. The van der Waals surface area contributed by atoms with E-state index in [1.165, 1.54) is 24.8 Å². The van der Waals surface area contributed by atoms with E-state index in [1.54, 1.807) is 19.5 Å². The monoisotopic (exact) mass is 492 g/mol. The van der Waals surface area contributed by atoms with Crippen LogP contribution in [0.3, 0.4) is 0 Å². The van der Waals surface area contributed by atoms with Crippen molar-refractivity contribution in [3.63, 3.8) is 0 Å². The first kappa shape index (κ1) is 24.2. The summed E-state index contributed by atoms with van der Waals surface area (Å²) >= 11 is 0. The molecular formula is C27H40N8O. The minimum absolute atomic E-state index is 0.230. The number of fused-ring (bicyclic) bond motifs is 4. The maximum Gasteiger partial charge on any atom is 0.316 e. The van der Waals surface area contributed by atoms with Crippen molar-refractivity contribution >= 4 is 0 Å². The van der Waals surface area contributed by atoms with Crippen molar-refractivity contribution in [2.75, 3.05) is 33.3 Å². The molecule has 194 valence electrons. The second-order valence-corrected chi connectivity index (χ2v) is 11.7. The van der Waals surface area contributed by atoms with Crippen LogP contribution in [0.2, 0.25) is 0 Å². The lowest BCUT2D eigenvalue weighted by Gasteiger charge is -2.67. The second kappa shape index (κ2) is 9.59. The molecule has 2 aromatic heterocycles. The van der Waals surface area contributed by atoms with Crippen LogP contribution in [-0.2, 0) is 13.1 Å². The highest BCUT2D eigenvalue weighted by molar-refractivity contribution is 5.18. The van der Waals surface area contributed by atoms with Crippen LogP contribution >= 0.6 is 0 Å². The molecule has 36 heavy (non-hydrogen) atoms. The minimum Gasteiger partial charge on any atom is -0.467 e. The van der Waals surface area contributed by atoms with Crippen molar-refractivity contribution < 1.29 is 4.74 Å². The number of hydrogen-bond acceptors (Lipinski definition) is 9. The van der Waals surface area contributed by atoms with Gasteiger partial charge in [0.05, 0.1) is 12.8 Å². The minimum atomic E-state index is 0.230. The Morgan fingerprint density at radius 2 is 1.69 bits per heavy atom. The fraction of sp³-hybridized carbons (Fsp3) is 0.704. The quantitative estimate of drug-likeness (QED) is 0.523. The maximum absolute atomic E-state index is 5.16. The van der Waals surface area contributed by atoms with Crippen molar-refractivity contribution in [2.24, 2.45) is 0 Å². The Morgan fingerprint density at radius 3 is 2.36 bits per heavy atom. The lowest BCUT2D eigenvalue weighted by molar-refractivity contribution is -0.170. The van der Waals surface area contributed by atoms with E-state index in [-0.39, 0.29) is 5.54 Å². The van der Waals surface area contributed by atoms with Crippen molar-refractivity contribution in [3.05, 3.63) is 42.2 Å². The summed E-state index contributed by atoms with van der Waals surface area (Å²) in [5.41, 5.74) is 2.49. The highest BCUT2D eigenvalue weighted by Gasteiger charge is 2.57. The number of hydrogen-bond donors (Lipinski definition) is 0. The molecule has 0 aromatic carbocycles. The fourth-order valence-corrected chi connectivity index (χ4v) is 7.27. The van der Waals surface area contributed by atoms with Crippen molar-refractivity contribution in [2.45, 2.75) is 88.9 Å². The third-order valence-electron chi connectivity index (χ3n) is 9.19. The van der Waals surface area contributed by atoms with Crippen molar-refractivity contribution in [1.29, 1.82) is 0 Å². The van der Waals surface area contributed by atoms with Crippen LogP contribution in [0, 0.1) is 0 Å². The molecule has 7 rings (SSSR count). The Kier molecular flexibility index (Phi) is 6.44. The van der Waals surface area contributed by atoms with Gasteiger partial charge in [-0.25, -0.2) is 9.97 Å². The maximum atomic E-state index is 5.16. The molecule has 0 spiro atoms. The molecule has 7 heterocycles. The van der Waals surface area contributed by atoms with Crippen LogP contribution in [0.5, 0.6) is 6.01 Å². The van der Waals surface area contributed by atoms with Crippen LogP contribution in [-0.4, -0.2) is 109 Å². The lowest BCUT2D eigenvalue weighted by Crippen LogP contribution is -2.78. The van der Waals surface area contributed by atoms with Gasteiger partial charge >= 0.3 is 6.01 Å². The molecule has 0 saturated carbocycles. The molecule has 0 radical (unpaired) electrons. The van der Waals surface area contributed by atoms with Gasteiger partial charge in [0.15, 0.2) is 0 Å². The predicted molar refractivity (Wildman–Crippen MR) is 137 cm³/mol. The molecule has 5 saturated heterocycles. The molecule has 4 bridgehead atoms. The van der Waals surface area contributed by atoms with Gasteiger partial charge in [0.25, 0.3) is 0 Å². The zero-order chi connectivity index (χ0) is 24.9. The molecule has 5 aliphatic rings. The topological polar surface area (TPSA) is 73.8 Å². The molecule has 2 aromatic rings. The van der Waals surface area contributed by atoms with E-state index in [9.17, 15) is 0 Å². The Balaban J connectivity index is 1.12. The highest BCUT2D eigenvalue weighted by Crippen LogP contribution is 2.47. The van der Waals surface area contributed by atoms with Crippen LogP contribution < -0.4 is 4.74 Å². The van der Waals surface area contributed by atoms with E-state index in [0.717, 1.165) is 45.0 Å². The fourth-order valence-electron chi connectivity index (χ4n) is 7.27. The Hall–Kier alpha value is -2.20. The zero-order valence-electron chi connectivity index (χ0n) is 22.1. The molecule has 9 nitrogen and oxygen atoms in total. The molecular weight excluding hydrogens is 452 g/mol. The van der Waals surface area contributed by atoms with Gasteiger partial charge in [-0.2, -0.15) is 0 Å². The standard InChI is InChI=1S/C27H40N8O/c1-19(2)33-17-25-9-27(18-33,35(25)13-21-10-30-26(36-4)31-11-21)8-20(3)32-15-23-7-24(16-32)34(23)14-22-12-28-5-6-29-22/h5-6,10-12,19-20,23-25H,7-9,13-18H2,1-4H3. The average molecular weight is 493 g/mol. The summed E-state index contributed by atoms with van der Waals surface area (Å²) in [5, 5.41) is 0. The lowest BCUT2D eigenvalue weighted by atomic mass is 9.69. The number of methoxy groups -OCH3 is 1. The van der Waals surface area contributed by atoms with Gasteiger partial charge in [-0.1, -0.05) is 0 Å². The van der Waals surface area contributed by atoms with Gasteiger partial charge in [-0.05, 0) is 40.0 Å². The van der Waals surface area contributed by atoms with E-state index < -0.39 is 0 Å². The number of likely N-dealkylation sites (tertiary alicyclic amines) is 1. The molecule has 9 heteroatoms. The third-order valence-corrected chi connectivity index (χ3v) is 9.19. The van der Waals surface area contributed by atoms with Gasteiger partial charge < -0.3 is 4.74 Å². The molecule has 5 atom stereocenters. The average Bonchev–Trinajstić information content (AvgIpc) is 2.91. The SMILES string of the molecule is COc1ncc(CN2C3CN(C(C)C)CC2(CC(C)N2CC4CC(C2)N4Cc2cnccn2)C3)cn1. The summed E-state index contributed by atoms with van der Waals surface area (Å²) in [7, 11) is 1.62. The summed E-state index contributed by atoms with van der Waals surface area (Å²) < 4.78 is 5.16. The molecule has 5 unspecified atom stereocenters. The molecule has 0 aliphatic carbocycles. The summed E-state index contributed by atoms with van der Waals surface area (Å²) in [6.45, 7) is 13.6. The van der Waals surface area contributed by atoms with Crippen molar-refractivity contribution in [3.8, 4) is 6.01 Å². The van der Waals surface area contributed by atoms with Gasteiger partial charge in [-0.3, -0.25) is 29.6 Å². The largest absolute Gasteiger partial charge is 0.467 e. The Morgan fingerprint density at radius 1 is 0.944 bits per heavy atom. The van der Waals surface area contributed by atoms with Crippen LogP contribution in [0.4, 0.5) is 0 Å². The van der Waals surface area contributed by atoms with Crippen LogP contribution in [0.25, 0.3) is 0 Å². The smallest absolute Gasteiger partial charge is 0.316 e. The molecule has 0 N–H and O–H groups in total. The third kappa shape index (κ3) is 4.40. The molecule has 5 fully saturated rings. The van der Waals surface area contributed by atoms with Crippen molar-refractivity contribution in [1.82, 2.24) is 39.5 Å². The van der Waals surface area contributed by atoms with Crippen LogP contribution in [0.15, 0.2) is 31.0 Å². The Labute approximate surface area is 214 Å².